The number of sulfonamides is 1. The average Bonchev–Trinajstić information content (AvgIpc) is 3.69. The Labute approximate surface area is 205 Å². The molecule has 4 rings (SSSR count). The monoisotopic (exact) mass is 494 g/mol. The molecule has 0 amide bonds. The van der Waals surface area contributed by atoms with Crippen molar-refractivity contribution in [2.24, 2.45) is 5.92 Å². The minimum absolute atomic E-state index is 0.171. The van der Waals surface area contributed by atoms with Gasteiger partial charge in [-0.05, 0) is 54.8 Å². The summed E-state index contributed by atoms with van der Waals surface area (Å²) in [4.78, 5) is 0.171. The lowest BCUT2D eigenvalue weighted by atomic mass is 10.0. The van der Waals surface area contributed by atoms with Crippen LogP contribution in [0.15, 0.2) is 77.7 Å². The molecular formula is C26H30N4O4S. The Hall–Kier alpha value is -3.40. The smallest absolute Gasteiger partial charge is 0.261 e. The lowest BCUT2D eigenvalue weighted by Gasteiger charge is -2.15. The Morgan fingerprint density at radius 1 is 1.09 bits per heavy atom. The topological polar surface area (TPSA) is 138 Å². The van der Waals surface area contributed by atoms with Crippen LogP contribution in [0.3, 0.4) is 0 Å². The summed E-state index contributed by atoms with van der Waals surface area (Å²) in [6.45, 7) is 1.15. The van der Waals surface area contributed by atoms with Crippen LogP contribution in [-0.4, -0.2) is 38.9 Å². The van der Waals surface area contributed by atoms with Crippen molar-refractivity contribution in [3.05, 3.63) is 83.9 Å². The van der Waals surface area contributed by atoms with E-state index in [1.165, 1.54) is 12.1 Å². The van der Waals surface area contributed by atoms with Gasteiger partial charge in [-0.3, -0.25) is 4.72 Å². The Balaban J connectivity index is 1.24. The van der Waals surface area contributed by atoms with Gasteiger partial charge in [0.05, 0.1) is 11.0 Å². The van der Waals surface area contributed by atoms with Crippen molar-refractivity contribution in [3.63, 3.8) is 0 Å². The number of ether oxygens (including phenoxy) is 1. The fraction of sp³-hybridized carbons (Fsp3) is 0.269. The van der Waals surface area contributed by atoms with Gasteiger partial charge in [0.2, 0.25) is 0 Å². The molecule has 8 nitrogen and oxygen atoms in total. The normalized spacial score (nSPS) is 14.3. The first-order chi connectivity index (χ1) is 16.8. The third kappa shape index (κ3) is 6.60. The number of hydrogen-bond donors (Lipinski definition) is 5. The summed E-state index contributed by atoms with van der Waals surface area (Å²) in [5, 5.41) is 21.8. The van der Waals surface area contributed by atoms with Gasteiger partial charge in [-0.1, -0.05) is 30.3 Å². The molecule has 9 heteroatoms. The highest BCUT2D eigenvalue weighted by Crippen LogP contribution is 2.34. The second kappa shape index (κ2) is 10.9. The van der Waals surface area contributed by atoms with Gasteiger partial charge in [0.1, 0.15) is 12.4 Å². The van der Waals surface area contributed by atoms with Gasteiger partial charge < -0.3 is 26.3 Å². The van der Waals surface area contributed by atoms with E-state index in [1.54, 1.807) is 48.5 Å². The summed E-state index contributed by atoms with van der Waals surface area (Å²) in [5.74, 6) is 0.972. The van der Waals surface area contributed by atoms with Gasteiger partial charge in [0.25, 0.3) is 10.0 Å². The van der Waals surface area contributed by atoms with Gasteiger partial charge in [0.15, 0.2) is 0 Å². The number of nitrogen functional groups attached to an aromatic ring is 1. The Morgan fingerprint density at radius 3 is 2.57 bits per heavy atom. The highest BCUT2D eigenvalue weighted by molar-refractivity contribution is 7.92. The van der Waals surface area contributed by atoms with E-state index in [4.69, 9.17) is 15.9 Å². The molecule has 6 N–H and O–H groups in total. The summed E-state index contributed by atoms with van der Waals surface area (Å²) in [5.41, 5.74) is 8.98. The van der Waals surface area contributed by atoms with Crippen molar-refractivity contribution in [2.75, 3.05) is 30.2 Å². The maximum Gasteiger partial charge on any atom is 0.261 e. The Kier molecular flexibility index (Phi) is 7.70. The molecule has 0 aromatic heterocycles. The average molecular weight is 495 g/mol. The Bertz CT molecular complexity index is 1280. The van der Waals surface area contributed by atoms with Crippen LogP contribution in [0.4, 0.5) is 11.4 Å². The molecule has 1 fully saturated rings. The van der Waals surface area contributed by atoms with Crippen molar-refractivity contribution in [2.45, 2.75) is 23.8 Å². The van der Waals surface area contributed by atoms with E-state index in [0.717, 1.165) is 18.4 Å². The summed E-state index contributed by atoms with van der Waals surface area (Å²) in [6, 6.07) is 20.2. The molecule has 0 aliphatic heterocycles. The molecule has 184 valence electrons. The number of aliphatic hydroxyl groups is 1. The zero-order valence-corrected chi connectivity index (χ0v) is 20.1. The van der Waals surface area contributed by atoms with Crippen LogP contribution in [0.2, 0.25) is 0 Å². The largest absolute Gasteiger partial charge is 0.492 e. The SMILES string of the molecule is N=C(c1ccc(OCCNC[C@H](O)c2cccc(NS(=O)(=O)c3ccccc3)c2)cc1N)C1CC1. The molecule has 0 unspecified atom stereocenters. The minimum Gasteiger partial charge on any atom is -0.492 e. The maximum absolute atomic E-state index is 12.5. The van der Waals surface area contributed by atoms with E-state index in [9.17, 15) is 13.5 Å². The summed E-state index contributed by atoms with van der Waals surface area (Å²) in [7, 11) is -3.70. The van der Waals surface area contributed by atoms with Crippen molar-refractivity contribution in [1.82, 2.24) is 5.32 Å². The zero-order chi connectivity index (χ0) is 24.8. The molecule has 0 radical (unpaired) electrons. The molecule has 0 saturated heterocycles. The second-order valence-corrected chi connectivity index (χ2v) is 10.2. The number of nitrogens with one attached hydrogen (secondary N) is 3. The number of rotatable bonds is 12. The number of benzene rings is 3. The van der Waals surface area contributed by atoms with Gasteiger partial charge in [-0.2, -0.15) is 0 Å². The van der Waals surface area contributed by atoms with E-state index in [0.29, 0.717) is 47.5 Å². The van der Waals surface area contributed by atoms with Crippen molar-refractivity contribution in [3.8, 4) is 5.75 Å². The van der Waals surface area contributed by atoms with Gasteiger partial charge in [-0.25, -0.2) is 8.42 Å². The molecule has 3 aromatic carbocycles. The van der Waals surface area contributed by atoms with Crippen LogP contribution >= 0.6 is 0 Å². The molecule has 0 heterocycles. The molecule has 1 aliphatic carbocycles. The number of aliphatic hydroxyl groups excluding tert-OH is 1. The maximum atomic E-state index is 12.5. The molecule has 35 heavy (non-hydrogen) atoms. The van der Waals surface area contributed by atoms with Gasteiger partial charge in [0, 0.05) is 47.7 Å². The Morgan fingerprint density at radius 2 is 1.86 bits per heavy atom. The highest BCUT2D eigenvalue weighted by atomic mass is 32.2. The van der Waals surface area contributed by atoms with Crippen molar-refractivity contribution in [1.29, 1.82) is 5.41 Å². The minimum atomic E-state index is -3.70. The van der Waals surface area contributed by atoms with E-state index < -0.39 is 16.1 Å². The standard InChI is InChI=1S/C26H30N4O4S/c27-24-16-21(11-12-23(24)26(28)18-9-10-18)34-14-13-29-17-25(31)19-5-4-6-20(15-19)30-35(32,33)22-7-2-1-3-8-22/h1-8,11-12,15-16,18,25,28-31H,9-10,13-14,17,27H2/t25-/m0/s1. The summed E-state index contributed by atoms with van der Waals surface area (Å²) in [6.07, 6.45) is 1.29. The fourth-order valence-corrected chi connectivity index (χ4v) is 4.76. The van der Waals surface area contributed by atoms with Crippen LogP contribution in [0, 0.1) is 11.3 Å². The van der Waals surface area contributed by atoms with Crippen LogP contribution < -0.4 is 20.5 Å². The number of anilines is 2. The van der Waals surface area contributed by atoms with Crippen LogP contribution in [-0.2, 0) is 10.0 Å². The third-order valence-electron chi connectivity index (χ3n) is 5.76. The van der Waals surface area contributed by atoms with E-state index in [2.05, 4.69) is 10.0 Å². The first kappa shape index (κ1) is 24.7. The van der Waals surface area contributed by atoms with E-state index in [1.807, 2.05) is 12.1 Å². The van der Waals surface area contributed by atoms with Crippen LogP contribution in [0.1, 0.15) is 30.1 Å². The quantitative estimate of drug-likeness (QED) is 0.148. The van der Waals surface area contributed by atoms with Crippen molar-refractivity contribution >= 4 is 27.1 Å². The van der Waals surface area contributed by atoms with Crippen LogP contribution in [0.25, 0.3) is 0 Å². The molecule has 0 spiro atoms. The zero-order valence-electron chi connectivity index (χ0n) is 19.3. The van der Waals surface area contributed by atoms with Crippen molar-refractivity contribution < 1.29 is 18.3 Å². The predicted molar refractivity (Wildman–Crippen MR) is 137 cm³/mol. The third-order valence-corrected chi connectivity index (χ3v) is 7.16. The lowest BCUT2D eigenvalue weighted by Crippen LogP contribution is -2.26. The molecule has 1 atom stereocenters. The molecule has 1 saturated carbocycles. The molecular weight excluding hydrogens is 464 g/mol. The van der Waals surface area contributed by atoms with Gasteiger partial charge in [-0.15, -0.1) is 0 Å². The second-order valence-electron chi connectivity index (χ2n) is 8.55. The van der Waals surface area contributed by atoms with Crippen LogP contribution in [0.5, 0.6) is 5.75 Å². The molecule has 1 aliphatic rings. The molecule has 0 bridgehead atoms. The van der Waals surface area contributed by atoms with E-state index >= 15 is 0 Å². The number of hydrogen-bond acceptors (Lipinski definition) is 7. The first-order valence-corrected chi connectivity index (χ1v) is 13.0. The number of nitrogens with two attached hydrogens (primary N) is 1. The predicted octanol–water partition coefficient (Wildman–Crippen LogP) is 3.55. The molecule has 3 aromatic rings. The first-order valence-electron chi connectivity index (χ1n) is 11.5. The van der Waals surface area contributed by atoms with E-state index in [-0.39, 0.29) is 11.4 Å². The fourth-order valence-electron chi connectivity index (χ4n) is 3.69. The lowest BCUT2D eigenvalue weighted by molar-refractivity contribution is 0.172. The van der Waals surface area contributed by atoms with Gasteiger partial charge >= 0.3 is 0 Å². The summed E-state index contributed by atoms with van der Waals surface area (Å²) >= 11 is 0. The summed E-state index contributed by atoms with van der Waals surface area (Å²) < 4.78 is 33.3. The highest BCUT2D eigenvalue weighted by Gasteiger charge is 2.28.